The van der Waals surface area contributed by atoms with Gasteiger partial charge in [0.1, 0.15) is 0 Å². The number of ether oxygens (including phenoxy) is 2. The molecule has 0 bridgehead atoms. The van der Waals surface area contributed by atoms with Crippen molar-refractivity contribution in [2.24, 2.45) is 0 Å². The van der Waals surface area contributed by atoms with E-state index in [2.05, 4.69) is 21.2 Å². The number of rotatable bonds is 5. The van der Waals surface area contributed by atoms with Gasteiger partial charge in [0.25, 0.3) is 0 Å². The van der Waals surface area contributed by atoms with E-state index < -0.39 is 0 Å². The van der Waals surface area contributed by atoms with Crippen LogP contribution in [0.4, 0.5) is 5.69 Å². The summed E-state index contributed by atoms with van der Waals surface area (Å²) in [6, 6.07) is 11.8. The van der Waals surface area contributed by atoms with Crippen LogP contribution in [0.25, 0.3) is 0 Å². The molecule has 2 aromatic carbocycles. The molecule has 4 nitrogen and oxygen atoms in total. The maximum Gasteiger partial charge on any atom is 0.232 e. The molecule has 0 unspecified atom stereocenters. The van der Waals surface area contributed by atoms with Gasteiger partial charge in [0.2, 0.25) is 5.91 Å². The van der Waals surface area contributed by atoms with Crippen molar-refractivity contribution in [3.05, 3.63) is 52.0 Å². The smallest absolute Gasteiger partial charge is 0.232 e. The summed E-state index contributed by atoms with van der Waals surface area (Å²) in [5.41, 5.74) is 2.94. The second kappa shape index (κ2) is 7.31. The number of nitrogens with one attached hydrogen (secondary N) is 1. The van der Waals surface area contributed by atoms with Gasteiger partial charge in [-0.05, 0) is 67.5 Å². The molecule has 0 aromatic heterocycles. The van der Waals surface area contributed by atoms with Gasteiger partial charge in [-0.25, -0.2) is 0 Å². The molecule has 0 spiro atoms. The van der Waals surface area contributed by atoms with Crippen LogP contribution in [0.5, 0.6) is 11.5 Å². The third-order valence-electron chi connectivity index (χ3n) is 5.25. The maximum absolute atomic E-state index is 12.6. The Morgan fingerprint density at radius 1 is 1.19 bits per heavy atom. The van der Waals surface area contributed by atoms with Crippen LogP contribution in [0, 0.1) is 0 Å². The van der Waals surface area contributed by atoms with Crippen molar-refractivity contribution < 1.29 is 14.3 Å². The highest BCUT2D eigenvalue weighted by molar-refractivity contribution is 9.10. The Kier molecular flexibility index (Phi) is 4.90. The van der Waals surface area contributed by atoms with E-state index in [1.54, 1.807) is 7.11 Å². The molecule has 1 atom stereocenters. The van der Waals surface area contributed by atoms with Crippen LogP contribution < -0.4 is 14.8 Å². The highest BCUT2D eigenvalue weighted by Gasteiger charge is 2.32. The molecule has 136 valence electrons. The normalized spacial score (nSPS) is 19.3. The molecule has 26 heavy (non-hydrogen) atoms. The molecule has 1 saturated carbocycles. The first-order valence-corrected chi connectivity index (χ1v) is 9.88. The summed E-state index contributed by atoms with van der Waals surface area (Å²) in [5, 5.41) is 2.98. The fourth-order valence-corrected chi connectivity index (χ4v) is 4.29. The zero-order valence-corrected chi connectivity index (χ0v) is 16.3. The largest absolute Gasteiger partial charge is 0.493 e. The van der Waals surface area contributed by atoms with Crippen LogP contribution in [-0.4, -0.2) is 19.1 Å². The number of amides is 1. The number of carbonyl (C=O) groups excluding carboxylic acids is 1. The Hall–Kier alpha value is -2.01. The molecular weight excluding hydrogens is 394 g/mol. The number of methoxy groups -OCH3 is 1. The molecule has 1 heterocycles. The zero-order chi connectivity index (χ0) is 18.1. The standard InChI is InChI=1S/C21H22BrNO3/c1-25-19-8-4-5-13(20(19)26-15-6-2-3-7-15)11-17-16-12-14(22)9-10-18(16)23-21(17)24/h4-5,8-10,12,15,17H,2-3,6-7,11H2,1H3,(H,23,24)/t17-/m0/s1. The monoisotopic (exact) mass is 415 g/mol. The maximum atomic E-state index is 12.6. The van der Waals surface area contributed by atoms with Crippen molar-refractivity contribution >= 4 is 27.5 Å². The lowest BCUT2D eigenvalue weighted by Gasteiger charge is -2.20. The predicted octanol–water partition coefficient (Wildman–Crippen LogP) is 5.06. The number of halogens is 1. The lowest BCUT2D eigenvalue weighted by Crippen LogP contribution is -2.17. The first-order chi connectivity index (χ1) is 12.7. The van der Waals surface area contributed by atoms with E-state index in [0.29, 0.717) is 6.42 Å². The predicted molar refractivity (Wildman–Crippen MR) is 105 cm³/mol. The van der Waals surface area contributed by atoms with Crippen molar-refractivity contribution in [3.8, 4) is 11.5 Å². The van der Waals surface area contributed by atoms with E-state index >= 15 is 0 Å². The SMILES string of the molecule is COc1cccc(C[C@@H]2C(=O)Nc3ccc(Br)cc32)c1OC1CCCC1. The zero-order valence-electron chi connectivity index (χ0n) is 14.8. The Labute approximate surface area is 162 Å². The quantitative estimate of drug-likeness (QED) is 0.742. The number of hydrogen-bond donors (Lipinski definition) is 1. The minimum Gasteiger partial charge on any atom is -0.493 e. The van der Waals surface area contributed by atoms with Gasteiger partial charge in [-0.3, -0.25) is 4.79 Å². The minimum atomic E-state index is -0.222. The number of hydrogen-bond acceptors (Lipinski definition) is 3. The average molecular weight is 416 g/mol. The van der Waals surface area contributed by atoms with Gasteiger partial charge >= 0.3 is 0 Å². The third kappa shape index (κ3) is 3.32. The molecule has 1 N–H and O–H groups in total. The molecule has 2 aliphatic rings. The van der Waals surface area contributed by atoms with Gasteiger partial charge in [0.15, 0.2) is 11.5 Å². The Bertz CT molecular complexity index is 830. The van der Waals surface area contributed by atoms with E-state index in [-0.39, 0.29) is 17.9 Å². The summed E-state index contributed by atoms with van der Waals surface area (Å²) in [4.78, 5) is 12.6. The van der Waals surface area contributed by atoms with Gasteiger partial charge in [0, 0.05) is 10.2 Å². The number of anilines is 1. The van der Waals surface area contributed by atoms with E-state index in [1.807, 2.05) is 36.4 Å². The highest BCUT2D eigenvalue weighted by Crippen LogP contribution is 2.41. The molecule has 5 heteroatoms. The van der Waals surface area contributed by atoms with Crippen molar-refractivity contribution in [1.29, 1.82) is 0 Å². The van der Waals surface area contributed by atoms with E-state index in [9.17, 15) is 4.79 Å². The van der Waals surface area contributed by atoms with Gasteiger partial charge in [-0.15, -0.1) is 0 Å². The second-order valence-corrected chi connectivity index (χ2v) is 7.87. The summed E-state index contributed by atoms with van der Waals surface area (Å²) in [5.74, 6) is 1.34. The van der Waals surface area contributed by atoms with Crippen LogP contribution in [0.3, 0.4) is 0 Å². The highest BCUT2D eigenvalue weighted by atomic mass is 79.9. The van der Waals surface area contributed by atoms with Crippen molar-refractivity contribution in [2.45, 2.75) is 44.1 Å². The van der Waals surface area contributed by atoms with E-state index in [4.69, 9.17) is 9.47 Å². The summed E-state index contributed by atoms with van der Waals surface area (Å²) in [6.07, 6.45) is 5.41. The summed E-state index contributed by atoms with van der Waals surface area (Å²) in [6.45, 7) is 0. The fourth-order valence-electron chi connectivity index (χ4n) is 3.91. The number of carbonyl (C=O) groups is 1. The first kappa shape index (κ1) is 17.4. The topological polar surface area (TPSA) is 47.6 Å². The molecule has 1 aliphatic carbocycles. The molecule has 1 aliphatic heterocycles. The lowest BCUT2D eigenvalue weighted by molar-refractivity contribution is -0.117. The first-order valence-electron chi connectivity index (χ1n) is 9.08. The fraction of sp³-hybridized carbons (Fsp3) is 0.381. The third-order valence-corrected chi connectivity index (χ3v) is 5.75. The Morgan fingerprint density at radius 2 is 2.00 bits per heavy atom. The molecule has 0 saturated heterocycles. The number of fused-ring (bicyclic) bond motifs is 1. The van der Waals surface area contributed by atoms with Crippen molar-refractivity contribution in [3.63, 3.8) is 0 Å². The van der Waals surface area contributed by atoms with Gasteiger partial charge < -0.3 is 14.8 Å². The molecular formula is C21H22BrNO3. The van der Waals surface area contributed by atoms with Gasteiger partial charge in [-0.1, -0.05) is 28.1 Å². The van der Waals surface area contributed by atoms with Crippen LogP contribution in [0.2, 0.25) is 0 Å². The van der Waals surface area contributed by atoms with E-state index in [1.165, 1.54) is 12.8 Å². The molecule has 2 aromatic rings. The van der Waals surface area contributed by atoms with Gasteiger partial charge in [-0.2, -0.15) is 0 Å². The average Bonchev–Trinajstić information content (AvgIpc) is 3.25. The van der Waals surface area contributed by atoms with Crippen LogP contribution in [-0.2, 0) is 11.2 Å². The molecule has 1 fully saturated rings. The van der Waals surface area contributed by atoms with Gasteiger partial charge in [0.05, 0.1) is 19.1 Å². The van der Waals surface area contributed by atoms with Crippen LogP contribution >= 0.6 is 15.9 Å². The Morgan fingerprint density at radius 3 is 2.77 bits per heavy atom. The number of benzene rings is 2. The Balaban J connectivity index is 1.66. The lowest BCUT2D eigenvalue weighted by atomic mass is 9.92. The second-order valence-electron chi connectivity index (χ2n) is 6.95. The van der Waals surface area contributed by atoms with Crippen LogP contribution in [0.1, 0.15) is 42.7 Å². The summed E-state index contributed by atoms with van der Waals surface area (Å²) in [7, 11) is 1.66. The van der Waals surface area contributed by atoms with Crippen LogP contribution in [0.15, 0.2) is 40.9 Å². The molecule has 1 amide bonds. The summed E-state index contributed by atoms with van der Waals surface area (Å²) >= 11 is 3.51. The number of para-hydroxylation sites is 1. The van der Waals surface area contributed by atoms with Crippen molar-refractivity contribution in [2.75, 3.05) is 12.4 Å². The molecule has 0 radical (unpaired) electrons. The minimum absolute atomic E-state index is 0.0349. The van der Waals surface area contributed by atoms with Crippen molar-refractivity contribution in [1.82, 2.24) is 0 Å². The molecule has 4 rings (SSSR count). The summed E-state index contributed by atoms with van der Waals surface area (Å²) < 4.78 is 12.8. The van der Waals surface area contributed by atoms with E-state index in [0.717, 1.165) is 45.6 Å².